The van der Waals surface area contributed by atoms with E-state index in [1.807, 2.05) is 36.4 Å². The third kappa shape index (κ3) is 5.14. The molecule has 2 heterocycles. The van der Waals surface area contributed by atoms with Crippen LogP contribution >= 0.6 is 0 Å². The predicted molar refractivity (Wildman–Crippen MR) is 232 cm³/mol. The first-order valence-corrected chi connectivity index (χ1v) is 22.1. The Kier molecular flexibility index (Phi) is 7.85. The molecule has 1 spiro atoms. The van der Waals surface area contributed by atoms with Gasteiger partial charge < -0.3 is 9.32 Å². The molecule has 0 amide bonds. The second-order valence-electron chi connectivity index (χ2n) is 17.0. The summed E-state index contributed by atoms with van der Waals surface area (Å²) in [4.78, 5) is 3.31. The highest BCUT2D eigenvalue weighted by Gasteiger charge is 2.59. The zero-order valence-electron chi connectivity index (χ0n) is 32.4. The van der Waals surface area contributed by atoms with Crippen LogP contribution in [0.3, 0.4) is 0 Å². The Morgan fingerprint density at radius 3 is 2.12 bits per heavy atom. The van der Waals surface area contributed by atoms with Gasteiger partial charge in [0.05, 0.1) is 9.79 Å². The number of anilines is 3. The minimum absolute atomic E-state index is 0.359. The number of nitrogens with zero attached hydrogens (tertiary/aromatic N) is 1. The van der Waals surface area contributed by atoms with E-state index in [0.717, 1.165) is 98.7 Å². The second-order valence-corrected chi connectivity index (χ2v) is 18.8. The van der Waals surface area contributed by atoms with Crippen LogP contribution in [0, 0.1) is 23.7 Å². The van der Waals surface area contributed by atoms with E-state index in [1.54, 1.807) is 0 Å². The largest absolute Gasteiger partial charge is 0.455 e. The highest BCUT2D eigenvalue weighted by Crippen LogP contribution is 2.65. The Morgan fingerprint density at radius 2 is 1.28 bits per heavy atom. The topological polar surface area (TPSA) is 50.5 Å². The monoisotopic (exact) mass is 763 g/mol. The van der Waals surface area contributed by atoms with Crippen LogP contribution in [0.5, 0.6) is 0 Å². The normalized spacial score (nSPS) is 23.4. The Balaban J connectivity index is 1.15. The summed E-state index contributed by atoms with van der Waals surface area (Å²) in [5.41, 5.74) is 8.43. The van der Waals surface area contributed by atoms with Gasteiger partial charge in [0.1, 0.15) is 11.2 Å². The minimum Gasteiger partial charge on any atom is -0.455 e. The van der Waals surface area contributed by atoms with Gasteiger partial charge in [-0.2, -0.15) is 0 Å². The molecule has 5 atom stereocenters. The lowest BCUT2D eigenvalue weighted by molar-refractivity contribution is 0.0173. The van der Waals surface area contributed by atoms with Crippen molar-refractivity contribution in [3.63, 3.8) is 0 Å². The highest BCUT2D eigenvalue weighted by molar-refractivity contribution is 7.91. The molecular weight excluding hydrogens is 719 g/mol. The molecule has 57 heavy (non-hydrogen) atoms. The summed E-state index contributed by atoms with van der Waals surface area (Å²) in [6.07, 6.45) is 5.63. The van der Waals surface area contributed by atoms with Crippen LogP contribution in [0.1, 0.15) is 57.1 Å². The molecule has 3 unspecified atom stereocenters. The van der Waals surface area contributed by atoms with Gasteiger partial charge in [0.25, 0.3) is 0 Å². The zero-order chi connectivity index (χ0) is 38.5. The van der Waals surface area contributed by atoms with Crippen molar-refractivity contribution >= 4 is 59.6 Å². The maximum atomic E-state index is 14.7. The first-order chi connectivity index (χ1) is 27.8. The van der Waals surface area contributed by atoms with E-state index < -0.39 is 9.84 Å². The van der Waals surface area contributed by atoms with E-state index in [1.165, 1.54) is 5.39 Å². The fourth-order valence-corrected chi connectivity index (χ4v) is 13.3. The van der Waals surface area contributed by atoms with Crippen molar-refractivity contribution in [3.05, 3.63) is 163 Å². The number of hydrogen-bond acceptors (Lipinski definition) is 4. The number of hydrogen-bond donors (Lipinski definition) is 0. The molecule has 3 aliphatic rings. The molecule has 0 saturated heterocycles. The average molecular weight is 764 g/mol. The van der Waals surface area contributed by atoms with Crippen molar-refractivity contribution in [2.24, 2.45) is 23.7 Å². The second kappa shape index (κ2) is 12.9. The van der Waals surface area contributed by atoms with Crippen LogP contribution in [0.25, 0.3) is 43.8 Å². The molecule has 7 aromatic carbocycles. The van der Waals surface area contributed by atoms with Crippen LogP contribution in [-0.2, 0) is 15.3 Å². The van der Waals surface area contributed by atoms with Gasteiger partial charge in [-0.05, 0) is 131 Å². The Bertz CT molecular complexity index is 2980. The first kappa shape index (κ1) is 34.6. The van der Waals surface area contributed by atoms with Crippen molar-refractivity contribution in [3.8, 4) is 11.1 Å². The summed E-state index contributed by atoms with van der Waals surface area (Å²) in [7, 11) is -3.74. The van der Waals surface area contributed by atoms with Gasteiger partial charge in [0.15, 0.2) is 0 Å². The van der Waals surface area contributed by atoms with E-state index in [9.17, 15) is 8.42 Å². The molecule has 1 aromatic heterocycles. The van der Waals surface area contributed by atoms with Gasteiger partial charge in [-0.3, -0.25) is 0 Å². The van der Waals surface area contributed by atoms with Crippen molar-refractivity contribution in [1.29, 1.82) is 0 Å². The SMILES string of the molecule is CCC1C[C@H]2CC(C)C[C@@H](C1)C21c2ccccc2S(=O)(=O)c2ccc(N(c3cccc(-c4cccc5c4oc4ccccc45)c3)c3ccc4ccccc4c3)cc21. The summed E-state index contributed by atoms with van der Waals surface area (Å²) in [5, 5.41) is 4.53. The lowest BCUT2D eigenvalue weighted by Crippen LogP contribution is -2.54. The van der Waals surface area contributed by atoms with E-state index in [0.29, 0.717) is 33.5 Å². The summed E-state index contributed by atoms with van der Waals surface area (Å²) in [5.74, 6) is 1.98. The van der Waals surface area contributed by atoms with Gasteiger partial charge in [0.2, 0.25) is 9.84 Å². The highest BCUT2D eigenvalue weighted by atomic mass is 32.2. The Labute approximate surface area is 334 Å². The summed E-state index contributed by atoms with van der Waals surface area (Å²) in [6.45, 7) is 4.74. The molecule has 2 aliphatic carbocycles. The fourth-order valence-electron chi connectivity index (χ4n) is 11.5. The van der Waals surface area contributed by atoms with Crippen molar-refractivity contribution in [1.82, 2.24) is 0 Å². The van der Waals surface area contributed by atoms with Gasteiger partial charge in [-0.25, -0.2) is 8.42 Å². The maximum Gasteiger partial charge on any atom is 0.207 e. The standard InChI is InChI=1S/C52H45NO3S/c1-3-34-28-38-26-33(2)27-39(29-34)52(38)46-19-7-9-21-49(46)57(54,55)50-25-24-42(32-47(50)52)53(41-23-22-35-12-4-5-13-36(35)30-41)40-15-10-14-37(31-40)43-17-11-18-45-44-16-6-8-20-48(44)56-51(43)45/h4-25,30-34,38-39H,3,26-29H2,1-2H3/t33?,34?,38-,39+,52?. The molecule has 2 bridgehead atoms. The number of rotatable bonds is 5. The Hall–Kier alpha value is -5.65. The number of para-hydroxylation sites is 2. The summed E-state index contributed by atoms with van der Waals surface area (Å²) < 4.78 is 36.0. The number of furan rings is 1. The van der Waals surface area contributed by atoms with E-state index in [2.05, 4.69) is 134 Å². The third-order valence-electron chi connectivity index (χ3n) is 13.9. The molecule has 5 heteroatoms. The fraction of sp³-hybridized carbons (Fsp3) is 0.231. The third-order valence-corrected chi connectivity index (χ3v) is 15.7. The van der Waals surface area contributed by atoms with Crippen molar-refractivity contribution < 1.29 is 12.8 Å². The molecular formula is C52H45NO3S. The van der Waals surface area contributed by atoms with Crippen LogP contribution < -0.4 is 4.90 Å². The van der Waals surface area contributed by atoms with E-state index >= 15 is 0 Å². The molecule has 8 aromatic rings. The van der Waals surface area contributed by atoms with Crippen LogP contribution in [0.2, 0.25) is 0 Å². The van der Waals surface area contributed by atoms with Gasteiger partial charge in [-0.15, -0.1) is 0 Å². The summed E-state index contributed by atoms with van der Waals surface area (Å²) >= 11 is 0. The van der Waals surface area contributed by atoms with Crippen molar-refractivity contribution in [2.75, 3.05) is 4.90 Å². The molecule has 11 rings (SSSR count). The van der Waals surface area contributed by atoms with Crippen LogP contribution in [0.4, 0.5) is 17.1 Å². The maximum absolute atomic E-state index is 14.7. The molecule has 282 valence electrons. The molecule has 0 radical (unpaired) electrons. The number of benzene rings is 7. The minimum atomic E-state index is -3.74. The summed E-state index contributed by atoms with van der Waals surface area (Å²) in [6, 6.07) is 52.6. The Morgan fingerprint density at radius 1 is 0.614 bits per heavy atom. The first-order valence-electron chi connectivity index (χ1n) is 20.6. The van der Waals surface area contributed by atoms with Gasteiger partial charge >= 0.3 is 0 Å². The van der Waals surface area contributed by atoms with Crippen LogP contribution in [0.15, 0.2) is 166 Å². The molecule has 0 N–H and O–H groups in total. The number of sulfone groups is 1. The molecule has 4 nitrogen and oxygen atoms in total. The van der Waals surface area contributed by atoms with Gasteiger partial charge in [0, 0.05) is 38.8 Å². The lowest BCUT2D eigenvalue weighted by Gasteiger charge is -2.59. The van der Waals surface area contributed by atoms with Crippen molar-refractivity contribution in [2.45, 2.75) is 61.2 Å². The van der Waals surface area contributed by atoms with E-state index in [-0.39, 0.29) is 5.41 Å². The molecule has 2 fully saturated rings. The van der Waals surface area contributed by atoms with E-state index in [4.69, 9.17) is 4.42 Å². The molecule has 2 saturated carbocycles. The zero-order valence-corrected chi connectivity index (χ0v) is 33.2. The number of fused-ring (bicyclic) bond motifs is 6. The van der Waals surface area contributed by atoms with Gasteiger partial charge in [-0.1, -0.05) is 117 Å². The van der Waals surface area contributed by atoms with Crippen LogP contribution in [-0.4, -0.2) is 8.42 Å². The average Bonchev–Trinajstić information content (AvgIpc) is 3.62. The lowest BCUT2D eigenvalue weighted by atomic mass is 9.46. The predicted octanol–water partition coefficient (Wildman–Crippen LogP) is 13.8. The molecule has 1 aliphatic heterocycles. The quantitative estimate of drug-likeness (QED) is 0.175. The smallest absolute Gasteiger partial charge is 0.207 e.